The number of rotatable bonds is 6. The van der Waals surface area contributed by atoms with Gasteiger partial charge >= 0.3 is 6.18 Å². The fourth-order valence-electron chi connectivity index (χ4n) is 2.22. The first-order valence-corrected chi connectivity index (χ1v) is 7.54. The Morgan fingerprint density at radius 2 is 1.88 bits per heavy atom. The monoisotopic (exact) mass is 365 g/mol. The van der Waals surface area contributed by atoms with Crippen LogP contribution < -0.4 is 10.2 Å². The number of hydroxylamine groups is 1. The molecule has 3 aromatic rings. The van der Waals surface area contributed by atoms with Crippen LogP contribution in [0.4, 0.5) is 13.2 Å². The molecule has 0 bridgehead atoms. The molecule has 0 amide bonds. The van der Waals surface area contributed by atoms with E-state index in [0.29, 0.717) is 11.3 Å². The van der Waals surface area contributed by atoms with Crippen molar-refractivity contribution >= 4 is 0 Å². The molecule has 136 valence electrons. The van der Waals surface area contributed by atoms with E-state index < -0.39 is 11.7 Å². The fourth-order valence-corrected chi connectivity index (χ4v) is 2.22. The van der Waals surface area contributed by atoms with Gasteiger partial charge in [0.15, 0.2) is 6.61 Å². The van der Waals surface area contributed by atoms with Gasteiger partial charge in [0.05, 0.1) is 5.56 Å². The van der Waals surface area contributed by atoms with Crippen molar-refractivity contribution in [2.24, 2.45) is 0 Å². The highest BCUT2D eigenvalue weighted by Gasteiger charge is 2.30. The zero-order valence-corrected chi connectivity index (χ0v) is 13.3. The van der Waals surface area contributed by atoms with Crippen LogP contribution in [-0.4, -0.2) is 15.3 Å². The molecule has 26 heavy (non-hydrogen) atoms. The van der Waals surface area contributed by atoms with Crippen LogP contribution in [0.15, 0.2) is 53.1 Å². The van der Waals surface area contributed by atoms with Crippen molar-refractivity contribution < 1.29 is 27.6 Å². The van der Waals surface area contributed by atoms with Crippen LogP contribution in [-0.2, 0) is 19.3 Å². The third-order valence-corrected chi connectivity index (χ3v) is 3.48. The van der Waals surface area contributed by atoms with Crippen LogP contribution in [0.1, 0.15) is 17.0 Å². The second-order valence-electron chi connectivity index (χ2n) is 5.36. The number of alkyl halides is 3. The first kappa shape index (κ1) is 17.9. The van der Waals surface area contributed by atoms with Crippen LogP contribution in [0, 0.1) is 0 Å². The molecular weight excluding hydrogens is 351 g/mol. The molecule has 0 saturated heterocycles. The van der Waals surface area contributed by atoms with E-state index in [1.165, 1.54) is 12.1 Å². The highest BCUT2D eigenvalue weighted by atomic mass is 19.4. The molecule has 9 heteroatoms. The lowest BCUT2D eigenvalue weighted by Crippen LogP contribution is -2.06. The van der Waals surface area contributed by atoms with Gasteiger partial charge in [-0.05, 0) is 42.0 Å². The number of hydrogen-bond donors (Lipinski definition) is 2. The molecule has 1 aromatic heterocycles. The highest BCUT2D eigenvalue weighted by Crippen LogP contribution is 2.30. The summed E-state index contributed by atoms with van der Waals surface area (Å²) in [6.07, 6.45) is -4.40. The molecule has 0 saturated carbocycles. The van der Waals surface area contributed by atoms with Gasteiger partial charge in [-0.3, -0.25) is 0 Å². The van der Waals surface area contributed by atoms with Gasteiger partial charge in [0.25, 0.3) is 5.89 Å². The molecule has 0 aliphatic carbocycles. The second kappa shape index (κ2) is 7.54. The van der Waals surface area contributed by atoms with Crippen molar-refractivity contribution in [3.8, 4) is 17.2 Å². The van der Waals surface area contributed by atoms with Crippen molar-refractivity contribution in [1.29, 1.82) is 0 Å². The lowest BCUT2D eigenvalue weighted by Gasteiger charge is -2.06. The summed E-state index contributed by atoms with van der Waals surface area (Å²) in [7, 11) is 0. The van der Waals surface area contributed by atoms with Crippen molar-refractivity contribution in [2.75, 3.05) is 0 Å². The molecule has 0 atom stereocenters. The average Bonchev–Trinajstić information content (AvgIpc) is 3.09. The summed E-state index contributed by atoms with van der Waals surface area (Å²) < 4.78 is 48.3. The normalized spacial score (nSPS) is 11.5. The van der Waals surface area contributed by atoms with E-state index >= 15 is 0 Å². The van der Waals surface area contributed by atoms with E-state index in [0.717, 1.165) is 17.7 Å². The lowest BCUT2D eigenvalue weighted by atomic mass is 10.1. The summed E-state index contributed by atoms with van der Waals surface area (Å²) in [5.41, 5.74) is 2.51. The molecule has 0 fully saturated rings. The summed E-state index contributed by atoms with van der Waals surface area (Å²) >= 11 is 0. The molecule has 3 rings (SSSR count). The lowest BCUT2D eigenvalue weighted by molar-refractivity contribution is -0.137. The van der Waals surface area contributed by atoms with Crippen LogP contribution in [0.5, 0.6) is 5.75 Å². The number of hydrogen-bond acceptors (Lipinski definition) is 6. The van der Waals surface area contributed by atoms with Gasteiger partial charge in [0, 0.05) is 12.1 Å². The summed E-state index contributed by atoms with van der Waals surface area (Å²) in [6, 6.07) is 11.5. The Hall–Kier alpha value is -2.91. The Balaban J connectivity index is 1.65. The van der Waals surface area contributed by atoms with Gasteiger partial charge < -0.3 is 14.5 Å². The fraction of sp³-hybridized carbons (Fsp3) is 0.176. The van der Waals surface area contributed by atoms with Gasteiger partial charge in [-0.1, -0.05) is 17.3 Å². The molecule has 0 spiro atoms. The molecule has 0 radical (unpaired) electrons. The number of ether oxygens (including phenoxy) is 1. The third kappa shape index (κ3) is 4.38. The number of nitrogens with one attached hydrogen (secondary N) is 1. The second-order valence-corrected chi connectivity index (χ2v) is 5.36. The summed E-state index contributed by atoms with van der Waals surface area (Å²) in [5.74, 6) is 0.916. The predicted octanol–water partition coefficient (Wildman–Crippen LogP) is 3.81. The Kier molecular flexibility index (Phi) is 5.19. The SMILES string of the molecule is ONCc1cccc(OCc2noc(-c3ccc(C(F)(F)F)cc3)n2)c1. The number of aromatic nitrogens is 2. The Labute approximate surface area is 146 Å². The molecule has 6 nitrogen and oxygen atoms in total. The van der Waals surface area contributed by atoms with Crippen LogP contribution in [0.25, 0.3) is 11.5 Å². The highest BCUT2D eigenvalue weighted by molar-refractivity contribution is 5.53. The first-order chi connectivity index (χ1) is 12.5. The minimum Gasteiger partial charge on any atom is -0.485 e. The zero-order valence-electron chi connectivity index (χ0n) is 13.3. The predicted molar refractivity (Wildman–Crippen MR) is 84.1 cm³/mol. The summed E-state index contributed by atoms with van der Waals surface area (Å²) in [5, 5.41) is 12.5. The van der Waals surface area contributed by atoms with Gasteiger partial charge in [-0.15, -0.1) is 0 Å². The van der Waals surface area contributed by atoms with E-state index in [-0.39, 0.29) is 24.9 Å². The van der Waals surface area contributed by atoms with Crippen LogP contribution in [0.2, 0.25) is 0 Å². The molecule has 1 heterocycles. The van der Waals surface area contributed by atoms with Crippen molar-refractivity contribution in [3.05, 3.63) is 65.5 Å². The van der Waals surface area contributed by atoms with E-state index in [4.69, 9.17) is 14.5 Å². The summed E-state index contributed by atoms with van der Waals surface area (Å²) in [6.45, 7) is 0.303. The molecule has 0 unspecified atom stereocenters. The van der Waals surface area contributed by atoms with E-state index in [1.54, 1.807) is 18.2 Å². The minimum absolute atomic E-state index is 0.0279. The number of halogens is 3. The molecule has 0 aliphatic heterocycles. The van der Waals surface area contributed by atoms with Gasteiger partial charge in [-0.25, -0.2) is 5.48 Å². The average molecular weight is 365 g/mol. The molecular formula is C17H14F3N3O3. The van der Waals surface area contributed by atoms with E-state index in [2.05, 4.69) is 15.6 Å². The van der Waals surface area contributed by atoms with Crippen LogP contribution >= 0.6 is 0 Å². The molecule has 2 aromatic carbocycles. The maximum absolute atomic E-state index is 12.6. The Morgan fingerprint density at radius 3 is 2.58 bits per heavy atom. The Bertz CT molecular complexity index is 863. The largest absolute Gasteiger partial charge is 0.485 e. The topological polar surface area (TPSA) is 80.4 Å². The third-order valence-electron chi connectivity index (χ3n) is 3.48. The smallest absolute Gasteiger partial charge is 0.416 e. The van der Waals surface area contributed by atoms with E-state index in [9.17, 15) is 13.2 Å². The first-order valence-electron chi connectivity index (χ1n) is 7.54. The quantitative estimate of drug-likeness (QED) is 0.647. The van der Waals surface area contributed by atoms with Gasteiger partial charge in [0.2, 0.25) is 5.82 Å². The minimum atomic E-state index is -4.40. The number of benzene rings is 2. The van der Waals surface area contributed by atoms with Gasteiger partial charge in [0.1, 0.15) is 5.75 Å². The standard InChI is InChI=1S/C17H14F3N3O3/c18-17(19,20)13-6-4-12(5-7-13)16-22-15(23-26-16)10-25-14-3-1-2-11(8-14)9-21-24/h1-8,21,24H,9-10H2. The summed E-state index contributed by atoms with van der Waals surface area (Å²) in [4.78, 5) is 4.11. The van der Waals surface area contributed by atoms with E-state index in [1.807, 2.05) is 6.07 Å². The van der Waals surface area contributed by atoms with Crippen LogP contribution in [0.3, 0.4) is 0 Å². The molecule has 0 aliphatic rings. The maximum Gasteiger partial charge on any atom is 0.416 e. The Morgan fingerprint density at radius 1 is 1.12 bits per heavy atom. The van der Waals surface area contributed by atoms with Crippen molar-refractivity contribution in [2.45, 2.75) is 19.3 Å². The number of nitrogens with zero attached hydrogens (tertiary/aromatic N) is 2. The van der Waals surface area contributed by atoms with Crippen molar-refractivity contribution in [3.63, 3.8) is 0 Å². The molecule has 2 N–H and O–H groups in total. The van der Waals surface area contributed by atoms with Crippen molar-refractivity contribution in [1.82, 2.24) is 15.6 Å². The van der Waals surface area contributed by atoms with Gasteiger partial charge in [-0.2, -0.15) is 18.2 Å². The zero-order chi connectivity index (χ0) is 18.6. The maximum atomic E-state index is 12.6.